The van der Waals surface area contributed by atoms with Gasteiger partial charge in [0.15, 0.2) is 0 Å². The number of methoxy groups -OCH3 is 1. The summed E-state index contributed by atoms with van der Waals surface area (Å²) in [5.41, 5.74) is 1.98. The largest absolute Gasteiger partial charge is 0.497 e. The Morgan fingerprint density at radius 2 is 1.89 bits per heavy atom. The second kappa shape index (κ2) is 7.96. The number of amides is 1. The lowest BCUT2D eigenvalue weighted by Crippen LogP contribution is -2.42. The molecule has 6 heteroatoms. The van der Waals surface area contributed by atoms with Crippen molar-refractivity contribution >= 4 is 27.5 Å². The summed E-state index contributed by atoms with van der Waals surface area (Å²) in [6, 6.07) is 15.7. The van der Waals surface area contributed by atoms with E-state index in [1.54, 1.807) is 18.4 Å². The molecule has 0 unspecified atom stereocenters. The van der Waals surface area contributed by atoms with Gasteiger partial charge in [-0.25, -0.2) is 4.98 Å². The van der Waals surface area contributed by atoms with E-state index in [0.29, 0.717) is 6.42 Å². The van der Waals surface area contributed by atoms with Crippen molar-refractivity contribution in [3.05, 3.63) is 54.1 Å². The van der Waals surface area contributed by atoms with Crippen molar-refractivity contribution in [2.75, 3.05) is 20.2 Å². The number of carbonyl (C=O) groups excluding carboxylic acids is 1. The first-order valence-electron chi connectivity index (χ1n) is 9.14. The molecule has 0 N–H and O–H groups in total. The van der Waals surface area contributed by atoms with Crippen molar-refractivity contribution in [2.24, 2.45) is 0 Å². The molecule has 0 atom stereocenters. The van der Waals surface area contributed by atoms with E-state index in [1.165, 1.54) is 0 Å². The van der Waals surface area contributed by atoms with E-state index in [9.17, 15) is 4.79 Å². The number of nitrogens with zero attached hydrogens (tertiary/aromatic N) is 2. The Morgan fingerprint density at radius 3 is 2.59 bits per heavy atom. The fourth-order valence-electron chi connectivity index (χ4n) is 3.30. The van der Waals surface area contributed by atoms with E-state index >= 15 is 0 Å². The smallest absolute Gasteiger partial charge is 0.274 e. The van der Waals surface area contributed by atoms with Crippen LogP contribution in [-0.2, 0) is 11.2 Å². The van der Waals surface area contributed by atoms with Crippen LogP contribution >= 0.6 is 11.3 Å². The average molecular weight is 382 g/mol. The molecule has 4 rings (SSSR count). The molecule has 2 heterocycles. The second-order valence-electron chi connectivity index (χ2n) is 6.67. The average Bonchev–Trinajstić information content (AvgIpc) is 3.11. The molecule has 1 amide bonds. The molecule has 1 saturated heterocycles. The number of hydrogen-bond donors (Lipinski definition) is 0. The van der Waals surface area contributed by atoms with Crippen LogP contribution in [0.4, 0.5) is 0 Å². The van der Waals surface area contributed by atoms with Gasteiger partial charge in [0.1, 0.15) is 11.9 Å². The summed E-state index contributed by atoms with van der Waals surface area (Å²) in [5, 5.41) is 0.721. The van der Waals surface area contributed by atoms with Gasteiger partial charge in [-0.2, -0.15) is 0 Å². The Morgan fingerprint density at radius 1 is 1.15 bits per heavy atom. The van der Waals surface area contributed by atoms with E-state index in [4.69, 9.17) is 9.47 Å². The first-order valence-corrected chi connectivity index (χ1v) is 9.96. The second-order valence-corrected chi connectivity index (χ2v) is 7.66. The maximum absolute atomic E-state index is 12.5. The van der Waals surface area contributed by atoms with Gasteiger partial charge in [-0.05, 0) is 29.8 Å². The Bertz CT molecular complexity index is 882. The number of rotatable bonds is 5. The van der Waals surface area contributed by atoms with Crippen molar-refractivity contribution in [1.29, 1.82) is 0 Å². The minimum Gasteiger partial charge on any atom is -0.497 e. The highest BCUT2D eigenvalue weighted by Crippen LogP contribution is 2.29. The topological polar surface area (TPSA) is 51.7 Å². The highest BCUT2D eigenvalue weighted by Gasteiger charge is 2.24. The van der Waals surface area contributed by atoms with Crippen molar-refractivity contribution < 1.29 is 14.3 Å². The molecular formula is C21H22N2O3S. The van der Waals surface area contributed by atoms with Crippen molar-refractivity contribution in [1.82, 2.24) is 9.88 Å². The van der Waals surface area contributed by atoms with Crippen LogP contribution < -0.4 is 9.47 Å². The Kier molecular flexibility index (Phi) is 5.25. The first kappa shape index (κ1) is 17.8. The van der Waals surface area contributed by atoms with Crippen LogP contribution in [0.25, 0.3) is 10.2 Å². The van der Waals surface area contributed by atoms with Gasteiger partial charge in [0.25, 0.3) is 5.19 Å². The van der Waals surface area contributed by atoms with Gasteiger partial charge in [0.2, 0.25) is 5.91 Å². The molecule has 1 fully saturated rings. The maximum Gasteiger partial charge on any atom is 0.274 e. The lowest BCUT2D eigenvalue weighted by molar-refractivity contribution is -0.132. The SMILES string of the molecule is COc1ccc(CC(=O)N2CCC(Oc3nc4ccccc4s3)CC2)cc1. The quantitative estimate of drug-likeness (QED) is 0.671. The number of thiazole rings is 1. The minimum atomic E-state index is 0.121. The van der Waals surface area contributed by atoms with Crippen LogP contribution in [0, 0.1) is 0 Å². The Balaban J connectivity index is 1.29. The van der Waals surface area contributed by atoms with Gasteiger partial charge in [-0.3, -0.25) is 4.79 Å². The molecule has 1 aliphatic rings. The molecule has 27 heavy (non-hydrogen) atoms. The van der Waals surface area contributed by atoms with Gasteiger partial charge in [0, 0.05) is 25.9 Å². The van der Waals surface area contributed by atoms with Crippen LogP contribution in [-0.4, -0.2) is 42.1 Å². The predicted molar refractivity (Wildman–Crippen MR) is 107 cm³/mol. The number of benzene rings is 2. The van der Waals surface area contributed by atoms with Crippen molar-refractivity contribution in [3.63, 3.8) is 0 Å². The third kappa shape index (κ3) is 4.22. The maximum atomic E-state index is 12.5. The Hall–Kier alpha value is -2.60. The summed E-state index contributed by atoms with van der Waals surface area (Å²) < 4.78 is 12.4. The molecule has 0 bridgehead atoms. The van der Waals surface area contributed by atoms with E-state index in [2.05, 4.69) is 11.1 Å². The van der Waals surface area contributed by atoms with E-state index in [1.807, 2.05) is 47.4 Å². The van der Waals surface area contributed by atoms with E-state index in [0.717, 1.165) is 52.7 Å². The van der Waals surface area contributed by atoms with Crippen molar-refractivity contribution in [3.8, 4) is 10.9 Å². The van der Waals surface area contributed by atoms with Crippen LogP contribution in [0.1, 0.15) is 18.4 Å². The standard InChI is InChI=1S/C21H22N2O3S/c1-25-16-8-6-15(7-9-16)14-20(24)23-12-10-17(11-13-23)26-21-22-18-4-2-3-5-19(18)27-21/h2-9,17H,10-14H2,1H3. The highest BCUT2D eigenvalue weighted by atomic mass is 32.1. The van der Waals surface area contributed by atoms with Gasteiger partial charge < -0.3 is 14.4 Å². The Labute approximate surface area is 162 Å². The molecule has 1 aliphatic heterocycles. The normalized spacial score (nSPS) is 15.1. The van der Waals surface area contributed by atoms with Crippen molar-refractivity contribution in [2.45, 2.75) is 25.4 Å². The number of likely N-dealkylation sites (tertiary alicyclic amines) is 1. The lowest BCUT2D eigenvalue weighted by atomic mass is 10.1. The summed E-state index contributed by atoms with van der Waals surface area (Å²) in [4.78, 5) is 19.0. The van der Waals surface area contributed by atoms with Crippen LogP contribution in [0.2, 0.25) is 0 Å². The van der Waals surface area contributed by atoms with Crippen LogP contribution in [0.15, 0.2) is 48.5 Å². The molecule has 1 aromatic heterocycles. The minimum absolute atomic E-state index is 0.121. The predicted octanol–water partition coefficient (Wildman–Crippen LogP) is 3.92. The summed E-state index contributed by atoms with van der Waals surface area (Å²) in [7, 11) is 1.64. The third-order valence-corrected chi connectivity index (χ3v) is 5.78. The zero-order chi connectivity index (χ0) is 18.6. The number of aromatic nitrogens is 1. The van der Waals surface area contributed by atoms with Gasteiger partial charge >= 0.3 is 0 Å². The molecule has 3 aromatic rings. The van der Waals surface area contributed by atoms with Gasteiger partial charge in [-0.1, -0.05) is 35.6 Å². The molecule has 0 radical (unpaired) electrons. The number of para-hydroxylation sites is 1. The van der Waals surface area contributed by atoms with E-state index < -0.39 is 0 Å². The molecule has 0 saturated carbocycles. The fourth-order valence-corrected chi connectivity index (χ4v) is 4.18. The molecule has 140 valence electrons. The monoisotopic (exact) mass is 382 g/mol. The molecule has 5 nitrogen and oxygen atoms in total. The molecule has 0 aliphatic carbocycles. The first-order chi connectivity index (χ1) is 13.2. The summed E-state index contributed by atoms with van der Waals surface area (Å²) >= 11 is 1.58. The van der Waals surface area contributed by atoms with Crippen LogP contribution in [0.5, 0.6) is 10.9 Å². The number of fused-ring (bicyclic) bond motifs is 1. The number of ether oxygens (including phenoxy) is 2. The fraction of sp³-hybridized carbons (Fsp3) is 0.333. The summed E-state index contributed by atoms with van der Waals surface area (Å²) in [5.74, 6) is 0.970. The molecule has 2 aromatic carbocycles. The van der Waals surface area contributed by atoms with Crippen LogP contribution in [0.3, 0.4) is 0 Å². The molecular weight excluding hydrogens is 360 g/mol. The summed E-state index contributed by atoms with van der Waals surface area (Å²) in [6.07, 6.45) is 2.22. The number of hydrogen-bond acceptors (Lipinski definition) is 5. The van der Waals surface area contributed by atoms with Gasteiger partial charge in [-0.15, -0.1) is 0 Å². The summed E-state index contributed by atoms with van der Waals surface area (Å²) in [6.45, 7) is 1.45. The number of piperidine rings is 1. The number of carbonyl (C=O) groups is 1. The zero-order valence-electron chi connectivity index (χ0n) is 15.3. The highest BCUT2D eigenvalue weighted by molar-refractivity contribution is 7.20. The zero-order valence-corrected chi connectivity index (χ0v) is 16.1. The van der Waals surface area contributed by atoms with E-state index in [-0.39, 0.29) is 12.0 Å². The molecule has 0 spiro atoms. The van der Waals surface area contributed by atoms with Gasteiger partial charge in [0.05, 0.1) is 23.7 Å². The third-order valence-electron chi connectivity index (χ3n) is 4.85. The lowest BCUT2D eigenvalue weighted by Gasteiger charge is -2.31.